The Morgan fingerprint density at radius 3 is 2.50 bits per heavy atom. The average Bonchev–Trinajstić information content (AvgIpc) is 2.09. The maximum atomic E-state index is 5.21. The van der Waals surface area contributed by atoms with E-state index in [1.165, 1.54) is 5.56 Å². The molecule has 1 rings (SSSR count). The molecule has 0 aliphatic heterocycles. The molecule has 12 heavy (non-hydrogen) atoms. The molecular formula is C10H13NO. The minimum Gasteiger partial charge on any atom is -0.494 e. The van der Waals surface area contributed by atoms with E-state index in [0.717, 1.165) is 17.0 Å². The van der Waals surface area contributed by atoms with Crippen LogP contribution in [0.4, 0.5) is 5.69 Å². The van der Waals surface area contributed by atoms with Gasteiger partial charge >= 0.3 is 0 Å². The number of rotatable bonds is 2. The van der Waals surface area contributed by atoms with E-state index in [4.69, 9.17) is 4.74 Å². The van der Waals surface area contributed by atoms with Gasteiger partial charge in [-0.25, -0.2) is 0 Å². The molecule has 0 fully saturated rings. The van der Waals surface area contributed by atoms with E-state index in [2.05, 4.69) is 11.7 Å². The van der Waals surface area contributed by atoms with Crippen molar-refractivity contribution in [2.45, 2.75) is 13.8 Å². The number of hydrogen-bond donors (Lipinski definition) is 0. The quantitative estimate of drug-likeness (QED) is 0.614. The van der Waals surface area contributed by atoms with Gasteiger partial charge < -0.3 is 4.74 Å². The Hall–Kier alpha value is -1.31. The summed E-state index contributed by atoms with van der Waals surface area (Å²) in [6.45, 7) is 7.54. The molecule has 0 radical (unpaired) electrons. The summed E-state index contributed by atoms with van der Waals surface area (Å²) in [4.78, 5) is 3.87. The van der Waals surface area contributed by atoms with Crippen molar-refractivity contribution in [3.8, 4) is 5.75 Å². The summed E-state index contributed by atoms with van der Waals surface area (Å²) >= 11 is 0. The Kier molecular flexibility index (Phi) is 2.48. The van der Waals surface area contributed by atoms with Crippen LogP contribution in [0.1, 0.15) is 11.1 Å². The Balaban J connectivity index is 3.35. The maximum Gasteiger partial charge on any atom is 0.147 e. The molecule has 2 nitrogen and oxygen atoms in total. The number of methoxy groups -OCH3 is 1. The Bertz CT molecular complexity index is 305. The van der Waals surface area contributed by atoms with Gasteiger partial charge in [-0.2, -0.15) is 0 Å². The first-order valence-electron chi connectivity index (χ1n) is 3.81. The molecule has 0 amide bonds. The molecule has 1 aromatic carbocycles. The number of aliphatic imine (C=N–C) groups is 1. The third kappa shape index (κ3) is 1.33. The van der Waals surface area contributed by atoms with Crippen LogP contribution < -0.4 is 4.74 Å². The Labute approximate surface area is 72.9 Å². The zero-order chi connectivity index (χ0) is 9.14. The first kappa shape index (κ1) is 8.78. The molecule has 2 heteroatoms. The summed E-state index contributed by atoms with van der Waals surface area (Å²) in [5.74, 6) is 0.824. The largest absolute Gasteiger partial charge is 0.494 e. The van der Waals surface area contributed by atoms with Crippen molar-refractivity contribution in [2.75, 3.05) is 7.11 Å². The third-order valence-electron chi connectivity index (χ3n) is 2.03. The lowest BCUT2D eigenvalue weighted by Crippen LogP contribution is -1.89. The van der Waals surface area contributed by atoms with Crippen LogP contribution in [0.5, 0.6) is 5.75 Å². The van der Waals surface area contributed by atoms with Crippen LogP contribution >= 0.6 is 0 Å². The van der Waals surface area contributed by atoms with Gasteiger partial charge in [-0.1, -0.05) is 6.07 Å². The summed E-state index contributed by atoms with van der Waals surface area (Å²) in [5, 5.41) is 0. The first-order valence-corrected chi connectivity index (χ1v) is 3.81. The molecule has 0 heterocycles. The van der Waals surface area contributed by atoms with Crippen molar-refractivity contribution in [3.63, 3.8) is 0 Å². The molecule has 0 saturated carbocycles. The van der Waals surface area contributed by atoms with E-state index in [1.807, 2.05) is 26.0 Å². The maximum absolute atomic E-state index is 5.21. The van der Waals surface area contributed by atoms with Gasteiger partial charge in [0.25, 0.3) is 0 Å². The molecule has 1 aromatic rings. The van der Waals surface area contributed by atoms with Crippen molar-refractivity contribution >= 4 is 12.4 Å². The van der Waals surface area contributed by atoms with Crippen molar-refractivity contribution in [1.29, 1.82) is 0 Å². The third-order valence-corrected chi connectivity index (χ3v) is 2.03. The summed E-state index contributed by atoms with van der Waals surface area (Å²) < 4.78 is 5.21. The number of nitrogens with zero attached hydrogens (tertiary/aromatic N) is 1. The second kappa shape index (κ2) is 3.39. The van der Waals surface area contributed by atoms with Gasteiger partial charge in [0.2, 0.25) is 0 Å². The van der Waals surface area contributed by atoms with E-state index in [0.29, 0.717) is 0 Å². The molecule has 0 unspecified atom stereocenters. The number of ether oxygens (including phenoxy) is 1. The summed E-state index contributed by atoms with van der Waals surface area (Å²) in [6.07, 6.45) is 0. The SMILES string of the molecule is C=Nc1ccc(C)c(C)c1OC. The van der Waals surface area contributed by atoms with Crippen molar-refractivity contribution < 1.29 is 4.74 Å². The van der Waals surface area contributed by atoms with Crippen molar-refractivity contribution in [3.05, 3.63) is 23.3 Å². The van der Waals surface area contributed by atoms with Crippen LogP contribution in [0.3, 0.4) is 0 Å². The van der Waals surface area contributed by atoms with Crippen molar-refractivity contribution in [1.82, 2.24) is 0 Å². The van der Waals surface area contributed by atoms with Gasteiger partial charge in [0.1, 0.15) is 11.4 Å². The molecule has 0 aromatic heterocycles. The van der Waals surface area contributed by atoms with E-state index in [9.17, 15) is 0 Å². The standard InChI is InChI=1S/C10H13NO/c1-7-5-6-9(11-3)10(12-4)8(7)2/h5-6H,3H2,1-2,4H3. The van der Waals surface area contributed by atoms with E-state index < -0.39 is 0 Å². The Morgan fingerprint density at radius 2 is 2.00 bits per heavy atom. The fraction of sp³-hybridized carbons (Fsp3) is 0.300. The highest BCUT2D eigenvalue weighted by Gasteiger charge is 2.05. The summed E-state index contributed by atoms with van der Waals surface area (Å²) in [6, 6.07) is 3.93. The fourth-order valence-corrected chi connectivity index (χ4v) is 1.16. The van der Waals surface area contributed by atoms with Gasteiger partial charge in [-0.05, 0) is 37.8 Å². The minimum absolute atomic E-state index is 0.806. The molecule has 0 bridgehead atoms. The van der Waals surface area contributed by atoms with Crippen LogP contribution in [0.25, 0.3) is 0 Å². The highest BCUT2D eigenvalue weighted by atomic mass is 16.5. The average molecular weight is 163 g/mol. The van der Waals surface area contributed by atoms with Crippen LogP contribution in [-0.4, -0.2) is 13.8 Å². The molecule has 0 N–H and O–H groups in total. The fourth-order valence-electron chi connectivity index (χ4n) is 1.16. The van der Waals surface area contributed by atoms with Crippen LogP contribution in [0.2, 0.25) is 0 Å². The molecule has 64 valence electrons. The van der Waals surface area contributed by atoms with E-state index in [1.54, 1.807) is 7.11 Å². The lowest BCUT2D eigenvalue weighted by Gasteiger charge is -2.09. The van der Waals surface area contributed by atoms with Gasteiger partial charge in [0, 0.05) is 0 Å². The first-order chi connectivity index (χ1) is 5.70. The summed E-state index contributed by atoms with van der Waals surface area (Å²) in [7, 11) is 1.65. The molecule has 0 spiro atoms. The predicted molar refractivity (Wildman–Crippen MR) is 51.7 cm³/mol. The van der Waals surface area contributed by atoms with E-state index in [-0.39, 0.29) is 0 Å². The van der Waals surface area contributed by atoms with Gasteiger partial charge in [0.15, 0.2) is 0 Å². The minimum atomic E-state index is 0.806. The molecular weight excluding hydrogens is 150 g/mol. The van der Waals surface area contributed by atoms with Gasteiger partial charge in [-0.3, -0.25) is 4.99 Å². The normalized spacial score (nSPS) is 9.58. The monoisotopic (exact) mass is 163 g/mol. The second-order valence-electron chi connectivity index (χ2n) is 2.72. The Morgan fingerprint density at radius 1 is 1.33 bits per heavy atom. The zero-order valence-electron chi connectivity index (χ0n) is 7.72. The molecule has 0 saturated heterocycles. The highest BCUT2D eigenvalue weighted by Crippen LogP contribution is 2.32. The zero-order valence-corrected chi connectivity index (χ0v) is 7.72. The van der Waals surface area contributed by atoms with Crippen LogP contribution in [0.15, 0.2) is 17.1 Å². The van der Waals surface area contributed by atoms with Gasteiger partial charge in [0.05, 0.1) is 7.11 Å². The molecule has 0 atom stereocenters. The summed E-state index contributed by atoms with van der Waals surface area (Å²) in [5.41, 5.74) is 3.14. The van der Waals surface area contributed by atoms with Crippen molar-refractivity contribution in [2.24, 2.45) is 4.99 Å². The topological polar surface area (TPSA) is 21.6 Å². The second-order valence-corrected chi connectivity index (χ2v) is 2.72. The lowest BCUT2D eigenvalue weighted by atomic mass is 10.1. The van der Waals surface area contributed by atoms with Crippen LogP contribution in [-0.2, 0) is 0 Å². The number of hydrogen-bond acceptors (Lipinski definition) is 2. The van der Waals surface area contributed by atoms with Crippen LogP contribution in [0, 0.1) is 13.8 Å². The number of aryl methyl sites for hydroxylation is 1. The number of benzene rings is 1. The predicted octanol–water partition coefficient (Wildman–Crippen LogP) is 2.64. The smallest absolute Gasteiger partial charge is 0.147 e. The molecule has 0 aliphatic rings. The van der Waals surface area contributed by atoms with E-state index >= 15 is 0 Å². The van der Waals surface area contributed by atoms with Gasteiger partial charge in [-0.15, -0.1) is 0 Å². The highest BCUT2D eigenvalue weighted by molar-refractivity contribution is 5.61. The lowest BCUT2D eigenvalue weighted by molar-refractivity contribution is 0.413. The molecule has 0 aliphatic carbocycles.